The molecule has 82 valence electrons. The Kier molecular flexibility index (Phi) is 2.64. The van der Waals surface area contributed by atoms with E-state index in [-0.39, 0.29) is 16.3 Å². The number of hydrogen-bond donors (Lipinski definition) is 0. The lowest BCUT2D eigenvalue weighted by atomic mass is 10.0. The first kappa shape index (κ1) is 10.7. The zero-order chi connectivity index (χ0) is 11.7. The second kappa shape index (κ2) is 3.96. The lowest BCUT2D eigenvalue weighted by molar-refractivity contribution is 0.0680. The van der Waals surface area contributed by atoms with Crippen molar-refractivity contribution in [3.05, 3.63) is 47.8 Å². The SMILES string of the molecule is O=C(c1ccc(F)c2ccccc12)C(F)F. The number of rotatable bonds is 2. The number of alkyl halides is 2. The Hall–Kier alpha value is -1.84. The topological polar surface area (TPSA) is 17.1 Å². The van der Waals surface area contributed by atoms with Gasteiger partial charge >= 0.3 is 6.43 Å². The molecule has 0 aliphatic heterocycles. The quantitative estimate of drug-likeness (QED) is 0.714. The number of benzene rings is 2. The van der Waals surface area contributed by atoms with E-state index >= 15 is 0 Å². The van der Waals surface area contributed by atoms with Gasteiger partial charge in [0.15, 0.2) is 0 Å². The van der Waals surface area contributed by atoms with Crippen LogP contribution < -0.4 is 0 Å². The Morgan fingerprint density at radius 1 is 1.00 bits per heavy atom. The fraction of sp³-hybridized carbons (Fsp3) is 0.0833. The van der Waals surface area contributed by atoms with E-state index in [0.717, 1.165) is 12.1 Å². The average molecular weight is 224 g/mol. The molecule has 2 aromatic carbocycles. The molecular formula is C12H7F3O. The van der Waals surface area contributed by atoms with Gasteiger partial charge in [0.25, 0.3) is 0 Å². The van der Waals surface area contributed by atoms with Gasteiger partial charge in [-0.3, -0.25) is 4.79 Å². The van der Waals surface area contributed by atoms with Gasteiger partial charge in [0, 0.05) is 10.9 Å². The van der Waals surface area contributed by atoms with Crippen LogP contribution in [0.4, 0.5) is 13.2 Å². The number of ketones is 1. The van der Waals surface area contributed by atoms with E-state index in [2.05, 4.69) is 0 Å². The summed E-state index contributed by atoms with van der Waals surface area (Å²) in [4.78, 5) is 11.2. The average Bonchev–Trinajstić information content (AvgIpc) is 2.29. The van der Waals surface area contributed by atoms with Crippen LogP contribution in [0.3, 0.4) is 0 Å². The van der Waals surface area contributed by atoms with Gasteiger partial charge in [-0.1, -0.05) is 24.3 Å². The maximum absolute atomic E-state index is 13.3. The molecule has 0 radical (unpaired) electrons. The van der Waals surface area contributed by atoms with Crippen LogP contribution in [0.25, 0.3) is 10.8 Å². The number of hydrogen-bond acceptors (Lipinski definition) is 1. The normalized spacial score (nSPS) is 11.0. The minimum Gasteiger partial charge on any atom is -0.288 e. The third-order valence-corrected chi connectivity index (χ3v) is 2.33. The van der Waals surface area contributed by atoms with Crippen LogP contribution in [0.2, 0.25) is 0 Å². The minimum atomic E-state index is -3.08. The monoisotopic (exact) mass is 224 g/mol. The maximum Gasteiger partial charge on any atom is 0.300 e. The molecule has 0 aliphatic rings. The van der Waals surface area contributed by atoms with E-state index in [0.29, 0.717) is 0 Å². The number of carbonyl (C=O) groups excluding carboxylic acids is 1. The van der Waals surface area contributed by atoms with Crippen molar-refractivity contribution < 1.29 is 18.0 Å². The predicted molar refractivity (Wildman–Crippen MR) is 54.2 cm³/mol. The molecular weight excluding hydrogens is 217 g/mol. The molecule has 1 nitrogen and oxygen atoms in total. The fourth-order valence-corrected chi connectivity index (χ4v) is 1.59. The summed E-state index contributed by atoms with van der Waals surface area (Å²) in [6.07, 6.45) is -3.08. The number of fused-ring (bicyclic) bond motifs is 1. The second-order valence-corrected chi connectivity index (χ2v) is 3.31. The van der Waals surface area contributed by atoms with Crippen molar-refractivity contribution in [3.63, 3.8) is 0 Å². The van der Waals surface area contributed by atoms with E-state index < -0.39 is 18.0 Å². The van der Waals surface area contributed by atoms with Gasteiger partial charge < -0.3 is 0 Å². The van der Waals surface area contributed by atoms with Crippen molar-refractivity contribution in [2.45, 2.75) is 6.43 Å². The zero-order valence-electron chi connectivity index (χ0n) is 8.08. The predicted octanol–water partition coefficient (Wildman–Crippen LogP) is 3.43. The van der Waals surface area contributed by atoms with Crippen LogP contribution >= 0.6 is 0 Å². The van der Waals surface area contributed by atoms with Gasteiger partial charge in [-0.2, -0.15) is 0 Å². The van der Waals surface area contributed by atoms with Crippen LogP contribution in [0, 0.1) is 5.82 Å². The summed E-state index contributed by atoms with van der Waals surface area (Å²) < 4.78 is 37.9. The Bertz CT molecular complexity index is 549. The van der Waals surface area contributed by atoms with Crippen LogP contribution in [0.15, 0.2) is 36.4 Å². The summed E-state index contributed by atoms with van der Waals surface area (Å²) in [6, 6.07) is 8.18. The van der Waals surface area contributed by atoms with Crippen molar-refractivity contribution in [2.75, 3.05) is 0 Å². The van der Waals surface area contributed by atoms with Crippen LogP contribution in [0.1, 0.15) is 10.4 Å². The molecule has 0 amide bonds. The van der Waals surface area contributed by atoms with Gasteiger partial charge in [-0.05, 0) is 17.5 Å². The molecule has 0 N–H and O–H groups in total. The van der Waals surface area contributed by atoms with Gasteiger partial charge in [-0.25, -0.2) is 13.2 Å². The van der Waals surface area contributed by atoms with Crippen molar-refractivity contribution >= 4 is 16.6 Å². The van der Waals surface area contributed by atoms with Gasteiger partial charge in [0.2, 0.25) is 5.78 Å². The third kappa shape index (κ3) is 1.66. The van der Waals surface area contributed by atoms with Gasteiger partial charge in [0.05, 0.1) is 0 Å². The molecule has 0 saturated carbocycles. The zero-order valence-corrected chi connectivity index (χ0v) is 8.08. The molecule has 0 saturated heterocycles. The molecule has 4 heteroatoms. The Labute approximate surface area is 89.5 Å². The highest BCUT2D eigenvalue weighted by Crippen LogP contribution is 2.23. The Morgan fingerprint density at radius 2 is 1.62 bits per heavy atom. The first-order valence-electron chi connectivity index (χ1n) is 4.61. The molecule has 0 aliphatic carbocycles. The number of halogens is 3. The van der Waals surface area contributed by atoms with E-state index in [1.807, 2.05) is 0 Å². The molecule has 2 aromatic rings. The Balaban J connectivity index is 2.72. The maximum atomic E-state index is 13.3. The highest BCUT2D eigenvalue weighted by atomic mass is 19.3. The van der Waals surface area contributed by atoms with Crippen molar-refractivity contribution in [3.8, 4) is 0 Å². The summed E-state index contributed by atoms with van der Waals surface area (Å²) in [5.41, 5.74) is -0.146. The largest absolute Gasteiger partial charge is 0.300 e. The molecule has 0 fully saturated rings. The molecule has 0 unspecified atom stereocenters. The summed E-state index contributed by atoms with van der Waals surface area (Å²) in [5, 5.41) is 0.391. The lowest BCUT2D eigenvalue weighted by Gasteiger charge is -2.05. The first-order valence-corrected chi connectivity index (χ1v) is 4.61. The molecule has 0 heterocycles. The highest BCUT2D eigenvalue weighted by Gasteiger charge is 2.20. The van der Waals surface area contributed by atoms with Gasteiger partial charge in [-0.15, -0.1) is 0 Å². The number of Topliss-reactive ketones (excluding diaryl/α,β-unsaturated/α-hetero) is 1. The Morgan fingerprint density at radius 3 is 2.25 bits per heavy atom. The van der Waals surface area contributed by atoms with E-state index in [1.165, 1.54) is 12.1 Å². The smallest absolute Gasteiger partial charge is 0.288 e. The van der Waals surface area contributed by atoms with Crippen LogP contribution in [-0.2, 0) is 0 Å². The van der Waals surface area contributed by atoms with E-state index in [9.17, 15) is 18.0 Å². The first-order chi connectivity index (χ1) is 7.61. The van der Waals surface area contributed by atoms with Crippen LogP contribution in [0.5, 0.6) is 0 Å². The van der Waals surface area contributed by atoms with Crippen molar-refractivity contribution in [1.29, 1.82) is 0 Å². The molecule has 0 atom stereocenters. The summed E-state index contributed by atoms with van der Waals surface area (Å²) in [7, 11) is 0. The second-order valence-electron chi connectivity index (χ2n) is 3.31. The summed E-state index contributed by atoms with van der Waals surface area (Å²) >= 11 is 0. The highest BCUT2D eigenvalue weighted by molar-refractivity contribution is 6.09. The fourth-order valence-electron chi connectivity index (χ4n) is 1.59. The summed E-state index contributed by atoms with van der Waals surface area (Å²) in [5.74, 6) is -1.81. The molecule has 16 heavy (non-hydrogen) atoms. The molecule has 0 spiro atoms. The van der Waals surface area contributed by atoms with Crippen LogP contribution in [-0.4, -0.2) is 12.2 Å². The lowest BCUT2D eigenvalue weighted by Crippen LogP contribution is -2.10. The summed E-state index contributed by atoms with van der Waals surface area (Å²) in [6.45, 7) is 0. The van der Waals surface area contributed by atoms with Crippen molar-refractivity contribution in [2.24, 2.45) is 0 Å². The molecule has 2 rings (SSSR count). The standard InChI is InChI=1S/C12H7F3O/c13-10-6-5-9(11(16)12(14)15)7-3-1-2-4-8(7)10/h1-6,12H. The van der Waals surface area contributed by atoms with Crippen molar-refractivity contribution in [1.82, 2.24) is 0 Å². The number of carbonyl (C=O) groups is 1. The van der Waals surface area contributed by atoms with Gasteiger partial charge in [0.1, 0.15) is 5.82 Å². The third-order valence-electron chi connectivity index (χ3n) is 2.33. The molecule has 0 bridgehead atoms. The van der Waals surface area contributed by atoms with E-state index in [4.69, 9.17) is 0 Å². The van der Waals surface area contributed by atoms with E-state index in [1.54, 1.807) is 12.1 Å². The molecule has 0 aromatic heterocycles. The minimum absolute atomic E-state index is 0.146.